The molecule has 1 heterocycles. The summed E-state index contributed by atoms with van der Waals surface area (Å²) in [6, 6.07) is 7.88. The fraction of sp³-hybridized carbons (Fsp3) is 0.438. The molecule has 2 aromatic rings. The van der Waals surface area contributed by atoms with Gasteiger partial charge in [-0.2, -0.15) is 0 Å². The zero-order valence-corrected chi connectivity index (χ0v) is 12.4. The lowest BCUT2D eigenvalue weighted by atomic mass is 10.1. The third-order valence-corrected chi connectivity index (χ3v) is 3.71. The van der Waals surface area contributed by atoms with Gasteiger partial charge in [0.2, 0.25) is 0 Å². The highest BCUT2D eigenvalue weighted by atomic mass is 35.5. The Kier molecular flexibility index (Phi) is 6.25. The highest BCUT2D eigenvalue weighted by Gasteiger charge is 2.04. The topological polar surface area (TPSA) is 45.1 Å². The Balaban J connectivity index is 1.86. The number of unbranched alkanes of at least 4 members (excludes halogenated alkanes) is 3. The van der Waals surface area contributed by atoms with Crippen molar-refractivity contribution < 1.29 is 5.11 Å². The van der Waals surface area contributed by atoms with Gasteiger partial charge < -0.3 is 10.4 Å². The lowest BCUT2D eigenvalue weighted by Gasteiger charge is -2.08. The second-order valence-electron chi connectivity index (χ2n) is 4.92. The fourth-order valence-electron chi connectivity index (χ4n) is 2.28. The molecule has 0 aliphatic carbocycles. The number of hydrogen-bond donors (Lipinski definition) is 2. The first-order valence-electron chi connectivity index (χ1n) is 7.16. The second kappa shape index (κ2) is 8.20. The van der Waals surface area contributed by atoms with Crippen LogP contribution in [0.1, 0.15) is 31.2 Å². The van der Waals surface area contributed by atoms with Gasteiger partial charge >= 0.3 is 0 Å². The highest BCUT2D eigenvalue weighted by Crippen LogP contribution is 2.24. The maximum atomic E-state index is 8.71. The van der Waals surface area contributed by atoms with Crippen molar-refractivity contribution in [2.75, 3.05) is 13.2 Å². The van der Waals surface area contributed by atoms with E-state index in [-0.39, 0.29) is 0 Å². The van der Waals surface area contributed by atoms with E-state index in [9.17, 15) is 0 Å². The van der Waals surface area contributed by atoms with Crippen molar-refractivity contribution in [2.45, 2.75) is 32.2 Å². The first-order chi connectivity index (χ1) is 9.83. The van der Waals surface area contributed by atoms with E-state index >= 15 is 0 Å². The minimum Gasteiger partial charge on any atom is -0.396 e. The molecule has 0 saturated carbocycles. The van der Waals surface area contributed by atoms with Crippen LogP contribution in [0.15, 0.2) is 30.5 Å². The van der Waals surface area contributed by atoms with Crippen LogP contribution < -0.4 is 5.32 Å². The number of halogens is 1. The number of benzene rings is 1. The molecule has 108 valence electrons. The van der Waals surface area contributed by atoms with Crippen LogP contribution in [-0.2, 0) is 6.54 Å². The number of hydrogen-bond acceptors (Lipinski definition) is 3. The normalized spacial score (nSPS) is 11.1. The van der Waals surface area contributed by atoms with Crippen LogP contribution in [0.5, 0.6) is 0 Å². The number of nitrogens with one attached hydrogen (secondary N) is 1. The van der Waals surface area contributed by atoms with Crippen molar-refractivity contribution in [3.8, 4) is 0 Å². The van der Waals surface area contributed by atoms with Gasteiger partial charge in [-0.15, -0.1) is 0 Å². The molecule has 20 heavy (non-hydrogen) atoms. The molecule has 1 aromatic carbocycles. The van der Waals surface area contributed by atoms with Crippen LogP contribution in [-0.4, -0.2) is 23.2 Å². The van der Waals surface area contributed by atoms with E-state index in [0.717, 1.165) is 54.7 Å². The van der Waals surface area contributed by atoms with Crippen LogP contribution in [0.2, 0.25) is 5.02 Å². The molecule has 0 saturated heterocycles. The Morgan fingerprint density at radius 1 is 1.10 bits per heavy atom. The molecule has 0 bridgehead atoms. The van der Waals surface area contributed by atoms with Crippen LogP contribution in [0.4, 0.5) is 0 Å². The van der Waals surface area contributed by atoms with Crippen LogP contribution >= 0.6 is 11.6 Å². The van der Waals surface area contributed by atoms with Crippen molar-refractivity contribution in [1.29, 1.82) is 0 Å². The molecule has 2 N–H and O–H groups in total. The molecule has 2 rings (SSSR count). The summed E-state index contributed by atoms with van der Waals surface area (Å²) in [6.45, 7) is 2.10. The van der Waals surface area contributed by atoms with Crippen LogP contribution in [0, 0.1) is 0 Å². The van der Waals surface area contributed by atoms with Gasteiger partial charge in [-0.1, -0.05) is 30.5 Å². The SMILES string of the molecule is OCCCCCCNCc1ccc(Cl)c2cccnc12. The summed E-state index contributed by atoms with van der Waals surface area (Å²) in [4.78, 5) is 4.43. The first kappa shape index (κ1) is 15.2. The lowest BCUT2D eigenvalue weighted by molar-refractivity contribution is 0.282. The van der Waals surface area contributed by atoms with Crippen LogP contribution in [0.3, 0.4) is 0 Å². The number of nitrogens with zero attached hydrogens (tertiary/aromatic N) is 1. The molecule has 0 spiro atoms. The van der Waals surface area contributed by atoms with Crippen molar-refractivity contribution in [1.82, 2.24) is 10.3 Å². The summed E-state index contributed by atoms with van der Waals surface area (Å²) in [5.74, 6) is 0. The molecule has 1 aromatic heterocycles. The van der Waals surface area contributed by atoms with Crippen LogP contribution in [0.25, 0.3) is 10.9 Å². The van der Waals surface area contributed by atoms with E-state index in [1.54, 1.807) is 6.20 Å². The maximum absolute atomic E-state index is 8.71. The minimum atomic E-state index is 0.301. The molecule has 0 atom stereocenters. The van der Waals surface area contributed by atoms with Gasteiger partial charge in [-0.3, -0.25) is 4.98 Å². The van der Waals surface area contributed by atoms with Gasteiger partial charge in [0.05, 0.1) is 5.52 Å². The van der Waals surface area contributed by atoms with Gasteiger partial charge in [-0.25, -0.2) is 0 Å². The zero-order chi connectivity index (χ0) is 14.2. The molecule has 0 aliphatic heterocycles. The average Bonchev–Trinajstić information content (AvgIpc) is 2.49. The predicted molar refractivity (Wildman–Crippen MR) is 84.0 cm³/mol. The lowest BCUT2D eigenvalue weighted by Crippen LogP contribution is -2.15. The predicted octanol–water partition coefficient (Wildman–Crippen LogP) is 3.53. The third kappa shape index (κ3) is 4.17. The maximum Gasteiger partial charge on any atom is 0.0761 e. The van der Waals surface area contributed by atoms with E-state index in [4.69, 9.17) is 16.7 Å². The Bertz CT molecular complexity index is 545. The summed E-state index contributed by atoms with van der Waals surface area (Å²) in [5.41, 5.74) is 2.16. The van der Waals surface area contributed by atoms with E-state index in [2.05, 4.69) is 10.3 Å². The molecule has 0 unspecified atom stereocenters. The number of aliphatic hydroxyl groups is 1. The number of aromatic nitrogens is 1. The average molecular weight is 293 g/mol. The van der Waals surface area contributed by atoms with E-state index < -0.39 is 0 Å². The summed E-state index contributed by atoms with van der Waals surface area (Å²) in [6.07, 6.45) is 6.11. The fourth-order valence-corrected chi connectivity index (χ4v) is 2.49. The summed E-state index contributed by atoms with van der Waals surface area (Å²) in [7, 11) is 0. The number of rotatable bonds is 8. The highest BCUT2D eigenvalue weighted by molar-refractivity contribution is 6.35. The van der Waals surface area contributed by atoms with Crippen molar-refractivity contribution in [2.24, 2.45) is 0 Å². The van der Waals surface area contributed by atoms with Crippen molar-refractivity contribution in [3.05, 3.63) is 41.0 Å². The Morgan fingerprint density at radius 2 is 1.95 bits per heavy atom. The molecule has 0 amide bonds. The molecular weight excluding hydrogens is 272 g/mol. The van der Waals surface area contributed by atoms with Crippen molar-refractivity contribution >= 4 is 22.5 Å². The zero-order valence-electron chi connectivity index (χ0n) is 11.6. The van der Waals surface area contributed by atoms with E-state index in [1.165, 1.54) is 5.56 Å². The van der Waals surface area contributed by atoms with E-state index in [1.807, 2.05) is 24.3 Å². The molecule has 0 aliphatic rings. The Hall–Kier alpha value is -1.16. The molecule has 0 fully saturated rings. The summed E-state index contributed by atoms with van der Waals surface area (Å²) < 4.78 is 0. The number of pyridine rings is 1. The Labute approximate surface area is 125 Å². The molecule has 3 nitrogen and oxygen atoms in total. The Morgan fingerprint density at radius 3 is 2.80 bits per heavy atom. The summed E-state index contributed by atoms with van der Waals surface area (Å²) >= 11 is 6.18. The van der Waals surface area contributed by atoms with Gasteiger partial charge in [0.25, 0.3) is 0 Å². The molecule has 4 heteroatoms. The number of fused-ring (bicyclic) bond motifs is 1. The molecule has 0 radical (unpaired) electrons. The smallest absolute Gasteiger partial charge is 0.0761 e. The molecular formula is C16H21ClN2O. The largest absolute Gasteiger partial charge is 0.396 e. The number of aliphatic hydroxyl groups excluding tert-OH is 1. The van der Waals surface area contributed by atoms with Gasteiger partial charge in [0.15, 0.2) is 0 Å². The van der Waals surface area contributed by atoms with Gasteiger partial charge in [0.1, 0.15) is 0 Å². The third-order valence-electron chi connectivity index (χ3n) is 3.38. The summed E-state index contributed by atoms with van der Waals surface area (Å²) in [5, 5.41) is 13.9. The van der Waals surface area contributed by atoms with Crippen molar-refractivity contribution in [3.63, 3.8) is 0 Å². The quantitative estimate of drug-likeness (QED) is 0.732. The first-order valence-corrected chi connectivity index (χ1v) is 7.54. The standard InChI is InChI=1S/C16H21ClN2O/c17-15-8-7-13(16-14(15)6-5-10-19-16)12-18-9-3-1-2-4-11-20/h5-8,10,18,20H,1-4,9,11-12H2. The second-order valence-corrected chi connectivity index (χ2v) is 5.33. The van der Waals surface area contributed by atoms with E-state index in [0.29, 0.717) is 6.61 Å². The monoisotopic (exact) mass is 292 g/mol. The minimum absolute atomic E-state index is 0.301. The van der Waals surface area contributed by atoms with Gasteiger partial charge in [0, 0.05) is 29.8 Å². The van der Waals surface area contributed by atoms with Gasteiger partial charge in [-0.05, 0) is 43.1 Å².